The number of benzene rings is 1. The quantitative estimate of drug-likeness (QED) is 0.822. The minimum absolute atomic E-state index is 0.172. The Morgan fingerprint density at radius 1 is 1.53 bits per heavy atom. The molecular weight excluding hydrogens is 216 g/mol. The van der Waals surface area contributed by atoms with E-state index in [0.29, 0.717) is 17.9 Å². The van der Waals surface area contributed by atoms with Gasteiger partial charge in [0.15, 0.2) is 0 Å². The lowest BCUT2D eigenvalue weighted by Crippen LogP contribution is -2.35. The maximum absolute atomic E-state index is 11.8. The second kappa shape index (κ2) is 6.25. The number of amides is 1. The van der Waals surface area contributed by atoms with Crippen molar-refractivity contribution in [2.45, 2.75) is 32.7 Å². The van der Waals surface area contributed by atoms with E-state index in [-0.39, 0.29) is 5.91 Å². The van der Waals surface area contributed by atoms with Crippen LogP contribution in [-0.4, -0.2) is 19.1 Å². The minimum Gasteiger partial charge on any atom is -0.495 e. The van der Waals surface area contributed by atoms with Crippen LogP contribution in [0.3, 0.4) is 0 Å². The molecular formula is C13H20N2O2. The van der Waals surface area contributed by atoms with E-state index in [0.717, 1.165) is 12.0 Å². The van der Waals surface area contributed by atoms with Gasteiger partial charge in [0.2, 0.25) is 5.91 Å². The first-order valence-electron chi connectivity index (χ1n) is 5.79. The Kier molecular flexibility index (Phi) is 4.97. The number of ether oxygens (including phenoxy) is 1. The van der Waals surface area contributed by atoms with Crippen molar-refractivity contribution in [3.8, 4) is 5.75 Å². The third kappa shape index (κ3) is 3.75. The molecule has 1 atom stereocenters. The topological polar surface area (TPSA) is 64.4 Å². The number of aryl methyl sites for hydroxylation is 1. The Balaban J connectivity index is 2.77. The molecule has 0 unspecified atom stereocenters. The highest BCUT2D eigenvalue weighted by atomic mass is 16.5. The molecule has 0 aliphatic carbocycles. The van der Waals surface area contributed by atoms with Gasteiger partial charge >= 0.3 is 0 Å². The van der Waals surface area contributed by atoms with Crippen molar-refractivity contribution >= 4 is 11.6 Å². The van der Waals surface area contributed by atoms with Crippen molar-refractivity contribution in [1.82, 2.24) is 0 Å². The number of methoxy groups -OCH3 is 1. The van der Waals surface area contributed by atoms with Crippen LogP contribution >= 0.6 is 0 Å². The summed E-state index contributed by atoms with van der Waals surface area (Å²) in [6.45, 7) is 3.97. The third-order valence-corrected chi connectivity index (χ3v) is 2.55. The molecule has 0 heterocycles. The molecule has 17 heavy (non-hydrogen) atoms. The molecule has 0 fully saturated rings. The van der Waals surface area contributed by atoms with E-state index in [1.807, 2.05) is 32.0 Å². The zero-order valence-electron chi connectivity index (χ0n) is 10.6. The molecule has 0 bridgehead atoms. The van der Waals surface area contributed by atoms with Gasteiger partial charge in [0.25, 0.3) is 0 Å². The molecule has 1 aromatic rings. The van der Waals surface area contributed by atoms with Gasteiger partial charge in [0.05, 0.1) is 18.8 Å². The number of carbonyl (C=O) groups is 1. The van der Waals surface area contributed by atoms with Crippen molar-refractivity contribution in [3.63, 3.8) is 0 Å². The van der Waals surface area contributed by atoms with Crippen LogP contribution in [0.25, 0.3) is 0 Å². The SMILES string of the molecule is CCC[C@H](N)C(=O)Nc1ccc(C)cc1OC. The Morgan fingerprint density at radius 2 is 2.24 bits per heavy atom. The largest absolute Gasteiger partial charge is 0.495 e. The molecule has 0 aliphatic rings. The summed E-state index contributed by atoms with van der Waals surface area (Å²) in [7, 11) is 1.58. The summed E-state index contributed by atoms with van der Waals surface area (Å²) in [6, 6.07) is 5.15. The number of nitrogens with one attached hydrogen (secondary N) is 1. The van der Waals surface area contributed by atoms with Crippen LogP contribution in [-0.2, 0) is 4.79 Å². The van der Waals surface area contributed by atoms with Gasteiger partial charge in [-0.1, -0.05) is 19.4 Å². The molecule has 3 N–H and O–H groups in total. The maximum Gasteiger partial charge on any atom is 0.241 e. The first-order chi connectivity index (χ1) is 8.08. The lowest BCUT2D eigenvalue weighted by molar-refractivity contribution is -0.117. The molecule has 94 valence electrons. The molecule has 1 amide bonds. The standard InChI is InChI=1S/C13H20N2O2/c1-4-5-10(14)13(16)15-11-7-6-9(2)8-12(11)17-3/h6-8,10H,4-5,14H2,1-3H3,(H,15,16)/t10-/m0/s1. The molecule has 0 saturated carbocycles. The van der Waals surface area contributed by atoms with E-state index in [1.165, 1.54) is 0 Å². The van der Waals surface area contributed by atoms with Gasteiger partial charge in [-0.3, -0.25) is 4.79 Å². The lowest BCUT2D eigenvalue weighted by Gasteiger charge is -2.14. The normalized spacial score (nSPS) is 12.0. The van der Waals surface area contributed by atoms with Gasteiger partial charge in [-0.15, -0.1) is 0 Å². The average Bonchev–Trinajstić information content (AvgIpc) is 2.31. The van der Waals surface area contributed by atoms with E-state index in [1.54, 1.807) is 7.11 Å². The van der Waals surface area contributed by atoms with Crippen LogP contribution < -0.4 is 15.8 Å². The number of hydrogen-bond acceptors (Lipinski definition) is 3. The summed E-state index contributed by atoms with van der Waals surface area (Å²) in [6.07, 6.45) is 1.57. The molecule has 0 spiro atoms. The van der Waals surface area contributed by atoms with Gasteiger partial charge in [-0.05, 0) is 31.0 Å². The lowest BCUT2D eigenvalue weighted by atomic mass is 10.1. The second-order valence-corrected chi connectivity index (χ2v) is 4.09. The van der Waals surface area contributed by atoms with Gasteiger partial charge < -0.3 is 15.8 Å². The monoisotopic (exact) mass is 236 g/mol. The summed E-state index contributed by atoms with van der Waals surface area (Å²) in [5.74, 6) is 0.482. The van der Waals surface area contributed by atoms with E-state index in [2.05, 4.69) is 5.32 Å². The minimum atomic E-state index is -0.467. The first-order valence-corrected chi connectivity index (χ1v) is 5.79. The fraction of sp³-hybridized carbons (Fsp3) is 0.462. The van der Waals surface area contributed by atoms with E-state index < -0.39 is 6.04 Å². The van der Waals surface area contributed by atoms with E-state index in [4.69, 9.17) is 10.5 Å². The fourth-order valence-electron chi connectivity index (χ4n) is 1.57. The van der Waals surface area contributed by atoms with Gasteiger partial charge in [-0.2, -0.15) is 0 Å². The third-order valence-electron chi connectivity index (χ3n) is 2.55. The van der Waals surface area contributed by atoms with Crippen LogP contribution in [0.2, 0.25) is 0 Å². The Morgan fingerprint density at radius 3 is 2.82 bits per heavy atom. The number of hydrogen-bond donors (Lipinski definition) is 2. The molecule has 4 nitrogen and oxygen atoms in total. The van der Waals surface area contributed by atoms with E-state index >= 15 is 0 Å². The molecule has 4 heteroatoms. The van der Waals surface area contributed by atoms with Gasteiger partial charge in [-0.25, -0.2) is 0 Å². The number of anilines is 1. The highest BCUT2D eigenvalue weighted by Crippen LogP contribution is 2.25. The Labute approximate surface area is 102 Å². The van der Waals surface area contributed by atoms with Crippen molar-refractivity contribution in [2.24, 2.45) is 5.73 Å². The predicted octanol–water partition coefficient (Wildman–Crippen LogP) is 2.07. The zero-order valence-corrected chi connectivity index (χ0v) is 10.6. The van der Waals surface area contributed by atoms with E-state index in [9.17, 15) is 4.79 Å². The fourth-order valence-corrected chi connectivity index (χ4v) is 1.57. The van der Waals surface area contributed by atoms with Crippen molar-refractivity contribution < 1.29 is 9.53 Å². The number of carbonyl (C=O) groups excluding carboxylic acids is 1. The van der Waals surface area contributed by atoms with Crippen molar-refractivity contribution in [1.29, 1.82) is 0 Å². The summed E-state index contributed by atoms with van der Waals surface area (Å²) < 4.78 is 5.21. The zero-order chi connectivity index (χ0) is 12.8. The van der Waals surface area contributed by atoms with Gasteiger partial charge in [0, 0.05) is 0 Å². The number of nitrogens with two attached hydrogens (primary N) is 1. The molecule has 0 radical (unpaired) electrons. The summed E-state index contributed by atoms with van der Waals surface area (Å²) >= 11 is 0. The van der Waals surface area contributed by atoms with Gasteiger partial charge in [0.1, 0.15) is 5.75 Å². The molecule has 0 saturated heterocycles. The van der Waals surface area contributed by atoms with Crippen molar-refractivity contribution in [2.75, 3.05) is 12.4 Å². The molecule has 1 aromatic carbocycles. The highest BCUT2D eigenvalue weighted by molar-refractivity contribution is 5.95. The van der Waals surface area contributed by atoms with Crippen LogP contribution in [0.15, 0.2) is 18.2 Å². The number of rotatable bonds is 5. The highest BCUT2D eigenvalue weighted by Gasteiger charge is 2.14. The van der Waals surface area contributed by atoms with Crippen LogP contribution in [0.5, 0.6) is 5.75 Å². The maximum atomic E-state index is 11.8. The van der Waals surface area contributed by atoms with Crippen LogP contribution in [0.4, 0.5) is 5.69 Å². The molecule has 0 aromatic heterocycles. The molecule has 0 aliphatic heterocycles. The van der Waals surface area contributed by atoms with Crippen LogP contribution in [0.1, 0.15) is 25.3 Å². The summed E-state index contributed by atoms with van der Waals surface area (Å²) in [4.78, 5) is 11.8. The first kappa shape index (κ1) is 13.5. The summed E-state index contributed by atoms with van der Waals surface area (Å²) in [5, 5.41) is 2.78. The Bertz CT molecular complexity index is 391. The van der Waals surface area contributed by atoms with Crippen molar-refractivity contribution in [3.05, 3.63) is 23.8 Å². The average molecular weight is 236 g/mol. The predicted molar refractivity (Wildman–Crippen MR) is 69.2 cm³/mol. The van der Waals surface area contributed by atoms with Crippen LogP contribution in [0, 0.1) is 6.92 Å². The smallest absolute Gasteiger partial charge is 0.241 e. The second-order valence-electron chi connectivity index (χ2n) is 4.09. The Hall–Kier alpha value is -1.55. The molecule has 1 rings (SSSR count). The summed E-state index contributed by atoms with van der Waals surface area (Å²) in [5.41, 5.74) is 7.49.